The van der Waals surface area contributed by atoms with E-state index in [4.69, 9.17) is 9.47 Å². The van der Waals surface area contributed by atoms with Gasteiger partial charge in [-0.1, -0.05) is 12.1 Å². The molecule has 7 heteroatoms. The SMILES string of the molecule is CCOc1ccc(C=CC(=O)NCCc2nc(-c3ccccn3)cs2)cc1OCC. The van der Waals surface area contributed by atoms with Crippen molar-refractivity contribution in [2.75, 3.05) is 19.8 Å². The molecule has 1 aromatic carbocycles. The van der Waals surface area contributed by atoms with Gasteiger partial charge in [-0.25, -0.2) is 4.98 Å². The molecule has 1 amide bonds. The molecule has 2 aromatic heterocycles. The first kappa shape index (κ1) is 21.5. The predicted molar refractivity (Wildman–Crippen MR) is 120 cm³/mol. The number of benzene rings is 1. The molecule has 156 valence electrons. The van der Waals surface area contributed by atoms with E-state index < -0.39 is 0 Å². The third-order valence-electron chi connectivity index (χ3n) is 4.11. The molecule has 0 saturated carbocycles. The lowest BCUT2D eigenvalue weighted by molar-refractivity contribution is -0.116. The Labute approximate surface area is 180 Å². The third kappa shape index (κ3) is 6.15. The zero-order valence-corrected chi connectivity index (χ0v) is 17.9. The van der Waals surface area contributed by atoms with Crippen LogP contribution in [0.15, 0.2) is 54.1 Å². The Morgan fingerprint density at radius 3 is 2.70 bits per heavy atom. The first-order valence-corrected chi connectivity index (χ1v) is 10.8. The van der Waals surface area contributed by atoms with Gasteiger partial charge in [-0.2, -0.15) is 0 Å². The molecule has 0 unspecified atom stereocenters. The van der Waals surface area contributed by atoms with E-state index in [1.807, 2.05) is 55.6 Å². The number of hydrogen-bond acceptors (Lipinski definition) is 6. The Morgan fingerprint density at radius 2 is 1.93 bits per heavy atom. The number of aromatic nitrogens is 2. The van der Waals surface area contributed by atoms with E-state index >= 15 is 0 Å². The van der Waals surface area contributed by atoms with E-state index in [1.165, 1.54) is 6.08 Å². The standard InChI is InChI=1S/C23H25N3O3S/c1-3-28-20-10-8-17(15-21(20)29-4-2)9-11-22(27)25-14-12-23-26-19(16-30-23)18-7-5-6-13-24-18/h5-11,13,15-16H,3-4,12,14H2,1-2H3,(H,25,27). The van der Waals surface area contributed by atoms with Gasteiger partial charge < -0.3 is 14.8 Å². The lowest BCUT2D eigenvalue weighted by atomic mass is 10.2. The van der Waals surface area contributed by atoms with E-state index in [0.29, 0.717) is 37.7 Å². The molecule has 3 aromatic rings. The topological polar surface area (TPSA) is 73.3 Å². The maximum Gasteiger partial charge on any atom is 0.244 e. The summed E-state index contributed by atoms with van der Waals surface area (Å²) in [6, 6.07) is 11.4. The molecule has 0 fully saturated rings. The fourth-order valence-corrected chi connectivity index (χ4v) is 3.54. The van der Waals surface area contributed by atoms with E-state index in [2.05, 4.69) is 15.3 Å². The Hall–Kier alpha value is -3.19. The molecule has 1 N–H and O–H groups in total. The van der Waals surface area contributed by atoms with Crippen LogP contribution in [0.5, 0.6) is 11.5 Å². The van der Waals surface area contributed by atoms with Crippen LogP contribution >= 0.6 is 11.3 Å². The van der Waals surface area contributed by atoms with Crippen LogP contribution < -0.4 is 14.8 Å². The maximum absolute atomic E-state index is 12.1. The van der Waals surface area contributed by atoms with E-state index in [0.717, 1.165) is 22.0 Å². The first-order chi connectivity index (χ1) is 14.7. The summed E-state index contributed by atoms with van der Waals surface area (Å²) in [5.74, 6) is 1.23. The zero-order chi connectivity index (χ0) is 21.2. The van der Waals surface area contributed by atoms with Gasteiger partial charge in [-0.3, -0.25) is 9.78 Å². The molecule has 3 rings (SSSR count). The molecule has 0 bridgehead atoms. The van der Waals surface area contributed by atoms with Crippen molar-refractivity contribution < 1.29 is 14.3 Å². The highest BCUT2D eigenvalue weighted by Crippen LogP contribution is 2.29. The molecule has 30 heavy (non-hydrogen) atoms. The Morgan fingerprint density at radius 1 is 1.10 bits per heavy atom. The molecule has 6 nitrogen and oxygen atoms in total. The van der Waals surface area contributed by atoms with Gasteiger partial charge in [0.1, 0.15) is 0 Å². The van der Waals surface area contributed by atoms with Crippen LogP contribution in [0.4, 0.5) is 0 Å². The normalized spacial score (nSPS) is 10.9. The minimum absolute atomic E-state index is 0.150. The predicted octanol–water partition coefficient (Wildman–Crippen LogP) is 4.37. The highest BCUT2D eigenvalue weighted by molar-refractivity contribution is 7.09. The summed E-state index contributed by atoms with van der Waals surface area (Å²) < 4.78 is 11.2. The van der Waals surface area contributed by atoms with Crippen LogP contribution in [0.3, 0.4) is 0 Å². The van der Waals surface area contributed by atoms with Crippen LogP contribution in [0.2, 0.25) is 0 Å². The Bertz CT molecular complexity index is 986. The number of carbonyl (C=O) groups excluding carboxylic acids is 1. The average Bonchev–Trinajstić information content (AvgIpc) is 3.24. The van der Waals surface area contributed by atoms with Crippen LogP contribution in [-0.2, 0) is 11.2 Å². The minimum atomic E-state index is -0.150. The van der Waals surface area contributed by atoms with Crippen molar-refractivity contribution in [3.05, 3.63) is 64.6 Å². The lowest BCUT2D eigenvalue weighted by Crippen LogP contribution is -2.23. The van der Waals surface area contributed by atoms with Gasteiger partial charge in [0.15, 0.2) is 11.5 Å². The van der Waals surface area contributed by atoms with Crippen LogP contribution in [0.1, 0.15) is 24.4 Å². The van der Waals surface area contributed by atoms with Crippen molar-refractivity contribution in [3.8, 4) is 22.9 Å². The first-order valence-electron chi connectivity index (χ1n) is 9.91. The number of ether oxygens (including phenoxy) is 2. The third-order valence-corrected chi connectivity index (χ3v) is 5.02. The van der Waals surface area contributed by atoms with Crippen molar-refractivity contribution in [1.82, 2.24) is 15.3 Å². The van der Waals surface area contributed by atoms with Crippen LogP contribution in [-0.4, -0.2) is 35.6 Å². The molecule has 2 heterocycles. The van der Waals surface area contributed by atoms with Crippen molar-refractivity contribution >= 4 is 23.3 Å². The van der Waals surface area contributed by atoms with E-state index in [1.54, 1.807) is 23.6 Å². The van der Waals surface area contributed by atoms with Crippen LogP contribution in [0.25, 0.3) is 17.5 Å². The molecule has 0 atom stereocenters. The van der Waals surface area contributed by atoms with Gasteiger partial charge in [0.05, 0.1) is 29.6 Å². The minimum Gasteiger partial charge on any atom is -0.490 e. The monoisotopic (exact) mass is 423 g/mol. The number of carbonyl (C=O) groups is 1. The summed E-state index contributed by atoms with van der Waals surface area (Å²) >= 11 is 1.57. The van der Waals surface area contributed by atoms with Gasteiger partial charge in [0, 0.05) is 30.6 Å². The number of pyridine rings is 1. The maximum atomic E-state index is 12.1. The second-order valence-electron chi connectivity index (χ2n) is 6.29. The second kappa shape index (κ2) is 11.1. The molecule has 0 saturated heterocycles. The zero-order valence-electron chi connectivity index (χ0n) is 17.1. The van der Waals surface area contributed by atoms with Crippen LogP contribution in [0, 0.1) is 0 Å². The summed E-state index contributed by atoms with van der Waals surface area (Å²) in [5, 5.41) is 5.84. The molecule has 0 aliphatic heterocycles. The molecule has 0 aliphatic carbocycles. The van der Waals surface area contributed by atoms with E-state index in [-0.39, 0.29) is 5.91 Å². The molecule has 0 aliphatic rings. The van der Waals surface area contributed by atoms with Gasteiger partial charge in [-0.15, -0.1) is 11.3 Å². The lowest BCUT2D eigenvalue weighted by Gasteiger charge is -2.11. The summed E-state index contributed by atoms with van der Waals surface area (Å²) in [4.78, 5) is 21.0. The largest absolute Gasteiger partial charge is 0.490 e. The number of nitrogens with one attached hydrogen (secondary N) is 1. The number of nitrogens with zero attached hydrogens (tertiary/aromatic N) is 2. The van der Waals surface area contributed by atoms with Crippen molar-refractivity contribution in [3.63, 3.8) is 0 Å². The number of hydrogen-bond donors (Lipinski definition) is 1. The second-order valence-corrected chi connectivity index (χ2v) is 7.23. The number of amides is 1. The highest BCUT2D eigenvalue weighted by Gasteiger charge is 2.07. The number of rotatable bonds is 10. The Balaban J connectivity index is 1.50. The van der Waals surface area contributed by atoms with Crippen molar-refractivity contribution in [2.45, 2.75) is 20.3 Å². The molecule has 0 spiro atoms. The van der Waals surface area contributed by atoms with Gasteiger partial charge in [0.25, 0.3) is 0 Å². The molecular weight excluding hydrogens is 398 g/mol. The average molecular weight is 424 g/mol. The van der Waals surface area contributed by atoms with Gasteiger partial charge in [-0.05, 0) is 49.8 Å². The Kier molecular flexibility index (Phi) is 7.97. The summed E-state index contributed by atoms with van der Waals surface area (Å²) in [6.45, 7) is 5.49. The smallest absolute Gasteiger partial charge is 0.244 e. The molecule has 0 radical (unpaired) electrons. The quantitative estimate of drug-likeness (QED) is 0.490. The van der Waals surface area contributed by atoms with E-state index in [9.17, 15) is 4.79 Å². The molecular formula is C23H25N3O3S. The summed E-state index contributed by atoms with van der Waals surface area (Å²) in [7, 11) is 0. The van der Waals surface area contributed by atoms with Gasteiger partial charge >= 0.3 is 0 Å². The van der Waals surface area contributed by atoms with Crippen molar-refractivity contribution in [1.29, 1.82) is 0 Å². The fourth-order valence-electron chi connectivity index (χ4n) is 2.75. The van der Waals surface area contributed by atoms with Gasteiger partial charge in [0.2, 0.25) is 5.91 Å². The highest BCUT2D eigenvalue weighted by atomic mass is 32.1. The van der Waals surface area contributed by atoms with Crippen molar-refractivity contribution in [2.24, 2.45) is 0 Å². The number of thiazole rings is 1. The summed E-state index contributed by atoms with van der Waals surface area (Å²) in [6.07, 6.45) is 5.71. The summed E-state index contributed by atoms with van der Waals surface area (Å²) in [5.41, 5.74) is 2.59. The fraction of sp³-hybridized carbons (Fsp3) is 0.261.